The molecule has 1 saturated heterocycles. The minimum atomic E-state index is 0.140. The molecule has 3 atom stereocenters. The number of rotatable bonds is 8. The van der Waals surface area contributed by atoms with Gasteiger partial charge in [0.1, 0.15) is 5.75 Å². The fraction of sp³-hybridized carbons (Fsp3) is 0.500. The van der Waals surface area contributed by atoms with Crippen LogP contribution in [0, 0.1) is 17.2 Å². The van der Waals surface area contributed by atoms with Gasteiger partial charge in [0.2, 0.25) is 0 Å². The molecule has 160 valence electrons. The van der Waals surface area contributed by atoms with Gasteiger partial charge in [0.15, 0.2) is 0 Å². The van der Waals surface area contributed by atoms with Crippen LogP contribution in [0.25, 0.3) is 0 Å². The van der Waals surface area contributed by atoms with Crippen LogP contribution in [0.4, 0.5) is 0 Å². The Bertz CT molecular complexity index is 830. The normalized spacial score (nSPS) is 24.5. The van der Waals surface area contributed by atoms with Crippen LogP contribution in [0.5, 0.6) is 5.75 Å². The van der Waals surface area contributed by atoms with Crippen molar-refractivity contribution in [1.82, 2.24) is 9.80 Å². The van der Waals surface area contributed by atoms with Gasteiger partial charge in [0, 0.05) is 31.1 Å². The van der Waals surface area contributed by atoms with Gasteiger partial charge in [-0.25, -0.2) is 0 Å². The summed E-state index contributed by atoms with van der Waals surface area (Å²) in [5.41, 5.74) is 2.80. The van der Waals surface area contributed by atoms with Crippen LogP contribution in [-0.4, -0.2) is 49.6 Å². The maximum absolute atomic E-state index is 9.43. The molecule has 0 amide bonds. The Morgan fingerprint density at radius 1 is 1.13 bits per heavy atom. The van der Waals surface area contributed by atoms with Crippen molar-refractivity contribution in [3.05, 3.63) is 65.7 Å². The lowest BCUT2D eigenvalue weighted by Gasteiger charge is -2.50. The van der Waals surface area contributed by atoms with Gasteiger partial charge in [-0.05, 0) is 56.0 Å². The maximum Gasteiger partial charge on any atom is 0.118 e. The summed E-state index contributed by atoms with van der Waals surface area (Å²) in [5, 5.41) is 9.43. The summed E-state index contributed by atoms with van der Waals surface area (Å²) in [6.45, 7) is 7.98. The first-order valence-corrected chi connectivity index (χ1v) is 11.0. The van der Waals surface area contributed by atoms with Crippen LogP contribution in [0.3, 0.4) is 0 Å². The lowest BCUT2D eigenvalue weighted by Crippen LogP contribution is -2.52. The Morgan fingerprint density at radius 3 is 2.47 bits per heavy atom. The first-order chi connectivity index (χ1) is 14.5. The highest BCUT2D eigenvalue weighted by Gasteiger charge is 2.43. The molecule has 30 heavy (non-hydrogen) atoms. The van der Waals surface area contributed by atoms with E-state index in [0.29, 0.717) is 18.5 Å². The second-order valence-corrected chi connectivity index (χ2v) is 8.88. The SMILES string of the molecule is COc1ccc(CN(CC#N)CC[C@]2(c3ccccc3)C[C@@H](C)N(C)C[C@H]2C)cc1. The predicted octanol–water partition coefficient (Wildman–Crippen LogP) is 4.71. The molecule has 0 N–H and O–H groups in total. The summed E-state index contributed by atoms with van der Waals surface area (Å²) in [4.78, 5) is 4.76. The Hall–Kier alpha value is -2.35. The van der Waals surface area contributed by atoms with E-state index >= 15 is 0 Å². The Labute approximate surface area is 182 Å². The average molecular weight is 406 g/mol. The Kier molecular flexibility index (Phi) is 7.53. The van der Waals surface area contributed by atoms with Crippen LogP contribution >= 0.6 is 0 Å². The molecular formula is C26H35N3O. The molecule has 0 aliphatic carbocycles. The zero-order valence-corrected chi connectivity index (χ0v) is 18.8. The van der Waals surface area contributed by atoms with E-state index in [0.717, 1.165) is 38.2 Å². The summed E-state index contributed by atoms with van der Waals surface area (Å²) < 4.78 is 5.27. The molecule has 2 aromatic carbocycles. The number of likely N-dealkylation sites (tertiary alicyclic amines) is 1. The molecule has 1 fully saturated rings. The van der Waals surface area contributed by atoms with Gasteiger partial charge >= 0.3 is 0 Å². The zero-order chi connectivity index (χ0) is 21.6. The number of ether oxygens (including phenoxy) is 1. The van der Waals surface area contributed by atoms with E-state index in [1.807, 2.05) is 12.1 Å². The summed E-state index contributed by atoms with van der Waals surface area (Å²) in [6, 6.07) is 22.1. The van der Waals surface area contributed by atoms with Gasteiger partial charge in [0.05, 0.1) is 19.7 Å². The van der Waals surface area contributed by atoms with E-state index in [4.69, 9.17) is 4.74 Å². The molecule has 2 aromatic rings. The standard InChI is InChI=1S/C26H35N3O/c1-21-19-28(3)22(2)18-26(21,24-8-6-5-7-9-24)14-16-29(17-15-27)20-23-10-12-25(30-4)13-11-23/h5-13,21-22H,14,16-20H2,1-4H3/t21-,22-,26+/m1/s1. The minimum absolute atomic E-state index is 0.140. The van der Waals surface area contributed by atoms with Crippen molar-refractivity contribution in [2.24, 2.45) is 5.92 Å². The molecule has 4 heteroatoms. The molecule has 0 radical (unpaired) electrons. The second kappa shape index (κ2) is 10.1. The van der Waals surface area contributed by atoms with Crippen LogP contribution in [0.1, 0.15) is 37.8 Å². The molecule has 3 rings (SSSR count). The van der Waals surface area contributed by atoms with Crippen LogP contribution < -0.4 is 4.74 Å². The van der Waals surface area contributed by atoms with Crippen LogP contribution in [0.2, 0.25) is 0 Å². The van der Waals surface area contributed by atoms with Crippen molar-refractivity contribution >= 4 is 0 Å². The molecular weight excluding hydrogens is 370 g/mol. The molecule has 0 spiro atoms. The molecule has 0 saturated carbocycles. The fourth-order valence-corrected chi connectivity index (χ4v) is 5.00. The largest absolute Gasteiger partial charge is 0.497 e. The molecule has 1 aliphatic rings. The van der Waals surface area contributed by atoms with Crippen molar-refractivity contribution in [1.29, 1.82) is 5.26 Å². The monoisotopic (exact) mass is 405 g/mol. The number of hydrogen-bond donors (Lipinski definition) is 0. The van der Waals surface area contributed by atoms with Crippen molar-refractivity contribution in [2.45, 2.75) is 44.7 Å². The number of nitriles is 1. The first-order valence-electron chi connectivity index (χ1n) is 11.0. The third-order valence-electron chi connectivity index (χ3n) is 7.00. The van der Waals surface area contributed by atoms with Crippen molar-refractivity contribution in [3.8, 4) is 11.8 Å². The number of benzene rings is 2. The van der Waals surface area contributed by atoms with Crippen molar-refractivity contribution < 1.29 is 4.74 Å². The van der Waals surface area contributed by atoms with Crippen LogP contribution in [-0.2, 0) is 12.0 Å². The predicted molar refractivity (Wildman–Crippen MR) is 122 cm³/mol. The highest BCUT2D eigenvalue weighted by atomic mass is 16.5. The van der Waals surface area contributed by atoms with E-state index in [1.54, 1.807) is 7.11 Å². The van der Waals surface area contributed by atoms with Gasteiger partial charge in [-0.2, -0.15) is 5.26 Å². The quantitative estimate of drug-likeness (QED) is 0.596. The van der Waals surface area contributed by atoms with Crippen molar-refractivity contribution in [2.75, 3.05) is 33.8 Å². The summed E-state index contributed by atoms with van der Waals surface area (Å²) in [5.74, 6) is 1.42. The van der Waals surface area contributed by atoms with E-state index in [2.05, 4.69) is 79.2 Å². The third-order valence-corrected chi connectivity index (χ3v) is 7.00. The molecule has 1 aliphatic heterocycles. The van der Waals surface area contributed by atoms with E-state index < -0.39 is 0 Å². The number of piperidine rings is 1. The number of hydrogen-bond acceptors (Lipinski definition) is 4. The maximum atomic E-state index is 9.43. The smallest absolute Gasteiger partial charge is 0.118 e. The average Bonchev–Trinajstić information content (AvgIpc) is 2.76. The molecule has 0 bridgehead atoms. The third kappa shape index (κ3) is 5.03. The summed E-state index contributed by atoms with van der Waals surface area (Å²) >= 11 is 0. The van der Waals surface area contributed by atoms with E-state index in [9.17, 15) is 5.26 Å². The number of methoxy groups -OCH3 is 1. The fourth-order valence-electron chi connectivity index (χ4n) is 5.00. The molecule has 1 heterocycles. The highest BCUT2D eigenvalue weighted by Crippen LogP contribution is 2.44. The number of nitrogens with zero attached hydrogens (tertiary/aromatic N) is 3. The lowest BCUT2D eigenvalue weighted by molar-refractivity contribution is 0.0612. The highest BCUT2D eigenvalue weighted by molar-refractivity contribution is 5.29. The molecule has 0 aromatic heterocycles. The molecule has 4 nitrogen and oxygen atoms in total. The van der Waals surface area contributed by atoms with E-state index in [1.165, 1.54) is 11.1 Å². The summed E-state index contributed by atoms with van der Waals surface area (Å²) in [7, 11) is 3.92. The van der Waals surface area contributed by atoms with Crippen molar-refractivity contribution in [3.63, 3.8) is 0 Å². The first kappa shape index (κ1) is 22.3. The topological polar surface area (TPSA) is 39.5 Å². The molecule has 0 unspecified atom stereocenters. The zero-order valence-electron chi connectivity index (χ0n) is 18.8. The van der Waals surface area contributed by atoms with Gasteiger partial charge in [-0.3, -0.25) is 4.90 Å². The van der Waals surface area contributed by atoms with Gasteiger partial charge < -0.3 is 9.64 Å². The lowest BCUT2D eigenvalue weighted by atomic mass is 9.63. The van der Waals surface area contributed by atoms with Gasteiger partial charge in [0.25, 0.3) is 0 Å². The van der Waals surface area contributed by atoms with E-state index in [-0.39, 0.29) is 5.41 Å². The Morgan fingerprint density at radius 2 is 1.83 bits per heavy atom. The second-order valence-electron chi connectivity index (χ2n) is 8.88. The Balaban J connectivity index is 1.79. The summed E-state index contributed by atoms with van der Waals surface area (Å²) in [6.07, 6.45) is 2.21. The van der Waals surface area contributed by atoms with Crippen LogP contribution in [0.15, 0.2) is 54.6 Å². The minimum Gasteiger partial charge on any atom is -0.497 e. The van der Waals surface area contributed by atoms with Gasteiger partial charge in [-0.1, -0.05) is 49.4 Å². The van der Waals surface area contributed by atoms with Gasteiger partial charge in [-0.15, -0.1) is 0 Å².